The van der Waals surface area contributed by atoms with Crippen molar-refractivity contribution >= 4 is 11.9 Å². The van der Waals surface area contributed by atoms with Gasteiger partial charge in [0.05, 0.1) is 0 Å². The molecule has 0 spiro atoms. The van der Waals surface area contributed by atoms with Gasteiger partial charge in [-0.05, 0) is 12.1 Å². The number of benzene rings is 1. The average molecular weight is 262 g/mol. The number of primary amides is 1. The number of H-pyrrole nitrogens is 1. The van der Waals surface area contributed by atoms with Gasteiger partial charge in [-0.25, -0.2) is 4.79 Å². The fourth-order valence-electron chi connectivity index (χ4n) is 1.52. The number of nitrogens with zero attached hydrogens (tertiary/aromatic N) is 2. The van der Waals surface area contributed by atoms with Gasteiger partial charge in [-0.2, -0.15) is 15.4 Å². The Kier molecular flexibility index (Phi) is 3.42. The number of carbonyl (C=O) groups excluding carboxylic acids is 1. The lowest BCUT2D eigenvalue weighted by Gasteiger charge is -2.08. The van der Waals surface area contributed by atoms with Gasteiger partial charge in [-0.3, -0.25) is 4.79 Å². The molecule has 0 atom stereocenters. The smallest absolute Gasteiger partial charge is 0.341 e. The van der Waals surface area contributed by atoms with Crippen molar-refractivity contribution in [2.24, 2.45) is 5.73 Å². The summed E-state index contributed by atoms with van der Waals surface area (Å²) in [6, 6.07) is 6.56. The number of rotatable bonds is 5. The number of amides is 1. The van der Waals surface area contributed by atoms with Crippen LogP contribution >= 0.6 is 0 Å². The molecule has 1 aromatic carbocycles. The molecular formula is C11H10N4O4. The van der Waals surface area contributed by atoms with Crippen LogP contribution in [0, 0.1) is 0 Å². The third kappa shape index (κ3) is 2.68. The van der Waals surface area contributed by atoms with Gasteiger partial charge in [0, 0.05) is 5.56 Å². The van der Waals surface area contributed by atoms with Crippen LogP contribution in [0.4, 0.5) is 0 Å². The second-order valence-electron chi connectivity index (χ2n) is 3.56. The summed E-state index contributed by atoms with van der Waals surface area (Å²) in [5.74, 6) is -1.57. The second kappa shape index (κ2) is 5.17. The zero-order chi connectivity index (χ0) is 13.8. The molecule has 19 heavy (non-hydrogen) atoms. The van der Waals surface area contributed by atoms with Crippen LogP contribution in [-0.2, 0) is 4.79 Å². The molecule has 0 aliphatic carbocycles. The number of carboxylic acid groups (broad SMARTS) is 1. The van der Waals surface area contributed by atoms with Crippen LogP contribution in [0.2, 0.25) is 0 Å². The maximum Gasteiger partial charge on any atom is 0.341 e. The molecule has 0 fully saturated rings. The minimum Gasteiger partial charge on any atom is -0.481 e. The normalized spacial score (nSPS) is 10.1. The molecule has 1 amide bonds. The summed E-state index contributed by atoms with van der Waals surface area (Å²) in [4.78, 5) is 21.7. The summed E-state index contributed by atoms with van der Waals surface area (Å²) in [6.07, 6.45) is 0. The van der Waals surface area contributed by atoms with Gasteiger partial charge in [0.25, 0.3) is 5.91 Å². The predicted molar refractivity (Wildman–Crippen MR) is 63.5 cm³/mol. The van der Waals surface area contributed by atoms with E-state index in [1.807, 2.05) is 0 Å². The van der Waals surface area contributed by atoms with Crippen molar-refractivity contribution in [3.63, 3.8) is 0 Å². The van der Waals surface area contributed by atoms with Crippen LogP contribution in [0.5, 0.6) is 5.75 Å². The van der Waals surface area contributed by atoms with Crippen LogP contribution < -0.4 is 10.5 Å². The van der Waals surface area contributed by atoms with E-state index in [0.29, 0.717) is 5.56 Å². The number of nitrogens with one attached hydrogen (secondary N) is 1. The quantitative estimate of drug-likeness (QED) is 0.696. The minimum absolute atomic E-state index is 0.0358. The summed E-state index contributed by atoms with van der Waals surface area (Å²) in [5, 5.41) is 18.4. The molecule has 0 saturated heterocycles. The van der Waals surface area contributed by atoms with Crippen LogP contribution in [0.1, 0.15) is 10.5 Å². The van der Waals surface area contributed by atoms with Crippen LogP contribution in [0.3, 0.4) is 0 Å². The Morgan fingerprint density at radius 2 is 2.05 bits per heavy atom. The third-order valence-corrected chi connectivity index (χ3v) is 2.27. The number of aliphatic carboxylic acids is 1. The van der Waals surface area contributed by atoms with Crippen LogP contribution in [0.15, 0.2) is 24.3 Å². The Hall–Kier alpha value is -2.90. The maximum absolute atomic E-state index is 11.2. The summed E-state index contributed by atoms with van der Waals surface area (Å²) >= 11 is 0. The van der Waals surface area contributed by atoms with Crippen molar-refractivity contribution in [1.82, 2.24) is 15.4 Å². The highest BCUT2D eigenvalue weighted by atomic mass is 16.5. The molecule has 0 aliphatic rings. The first-order chi connectivity index (χ1) is 9.09. The standard InChI is InChI=1S/C11H10N4O4/c12-11(18)10-9(13-15-14-10)6-3-1-2-4-7(6)19-5-8(16)17/h1-4H,5H2,(H2,12,18)(H,16,17)(H,13,14,15). The fourth-order valence-corrected chi connectivity index (χ4v) is 1.52. The summed E-state index contributed by atoms with van der Waals surface area (Å²) < 4.78 is 5.12. The number of carbonyl (C=O) groups is 2. The van der Waals surface area contributed by atoms with Gasteiger partial charge in [0.2, 0.25) is 0 Å². The van der Waals surface area contributed by atoms with Crippen LogP contribution in [-0.4, -0.2) is 39.0 Å². The van der Waals surface area contributed by atoms with Crippen molar-refractivity contribution in [2.75, 3.05) is 6.61 Å². The number of ether oxygens (including phenoxy) is 1. The molecule has 1 heterocycles. The molecule has 0 saturated carbocycles. The third-order valence-electron chi connectivity index (χ3n) is 2.27. The highest BCUT2D eigenvalue weighted by Gasteiger charge is 2.18. The molecule has 8 nitrogen and oxygen atoms in total. The molecule has 2 rings (SSSR count). The van der Waals surface area contributed by atoms with Crippen molar-refractivity contribution in [1.29, 1.82) is 0 Å². The summed E-state index contributed by atoms with van der Waals surface area (Å²) in [7, 11) is 0. The molecule has 1 aromatic heterocycles. The molecule has 4 N–H and O–H groups in total. The molecule has 0 radical (unpaired) electrons. The minimum atomic E-state index is -1.11. The molecule has 0 unspecified atom stereocenters. The van der Waals surface area contributed by atoms with E-state index in [2.05, 4.69) is 15.4 Å². The van der Waals surface area contributed by atoms with Crippen LogP contribution in [0.25, 0.3) is 11.3 Å². The highest BCUT2D eigenvalue weighted by Crippen LogP contribution is 2.29. The van der Waals surface area contributed by atoms with E-state index in [1.54, 1.807) is 24.3 Å². The number of carboxylic acids is 1. The SMILES string of the molecule is NC(=O)c1n[nH]nc1-c1ccccc1OCC(=O)O. The van der Waals surface area contributed by atoms with Gasteiger partial charge >= 0.3 is 5.97 Å². The zero-order valence-corrected chi connectivity index (χ0v) is 9.66. The Labute approximate surface area is 107 Å². The number of nitrogens with two attached hydrogens (primary N) is 1. The molecule has 0 bridgehead atoms. The predicted octanol–water partition coefficient (Wildman–Crippen LogP) is 0.0340. The van der Waals surface area contributed by atoms with Gasteiger partial charge in [0.15, 0.2) is 12.3 Å². The molecule has 98 valence electrons. The van der Waals surface area contributed by atoms with Crippen molar-refractivity contribution < 1.29 is 19.4 Å². The van der Waals surface area contributed by atoms with Crippen molar-refractivity contribution in [2.45, 2.75) is 0 Å². The first-order valence-electron chi connectivity index (χ1n) is 5.24. The van der Waals surface area contributed by atoms with E-state index in [-0.39, 0.29) is 17.1 Å². The van der Waals surface area contributed by atoms with E-state index in [4.69, 9.17) is 15.6 Å². The summed E-state index contributed by atoms with van der Waals surface area (Å²) in [5.41, 5.74) is 5.79. The van der Waals surface area contributed by atoms with E-state index in [1.165, 1.54) is 0 Å². The number of para-hydroxylation sites is 1. The van der Waals surface area contributed by atoms with Gasteiger partial charge < -0.3 is 15.6 Å². The topological polar surface area (TPSA) is 131 Å². The molecular weight excluding hydrogens is 252 g/mol. The average Bonchev–Trinajstić information content (AvgIpc) is 2.85. The number of hydrogen-bond donors (Lipinski definition) is 3. The molecule has 0 aliphatic heterocycles. The Morgan fingerprint density at radius 3 is 2.74 bits per heavy atom. The van der Waals surface area contributed by atoms with E-state index >= 15 is 0 Å². The zero-order valence-electron chi connectivity index (χ0n) is 9.66. The number of hydrogen-bond acceptors (Lipinski definition) is 5. The molecule has 8 heteroatoms. The number of aromatic amines is 1. The first kappa shape index (κ1) is 12.6. The molecule has 2 aromatic rings. The number of aromatic nitrogens is 3. The summed E-state index contributed by atoms with van der Waals surface area (Å²) in [6.45, 7) is -0.499. The highest BCUT2D eigenvalue weighted by molar-refractivity contribution is 5.97. The van der Waals surface area contributed by atoms with Gasteiger partial charge in [0.1, 0.15) is 11.4 Å². The van der Waals surface area contributed by atoms with Gasteiger partial charge in [-0.1, -0.05) is 12.1 Å². The van der Waals surface area contributed by atoms with Crippen molar-refractivity contribution in [3.8, 4) is 17.0 Å². The fraction of sp³-hybridized carbons (Fsp3) is 0.0909. The van der Waals surface area contributed by atoms with Crippen molar-refractivity contribution in [3.05, 3.63) is 30.0 Å². The monoisotopic (exact) mass is 262 g/mol. The van der Waals surface area contributed by atoms with E-state index in [0.717, 1.165) is 0 Å². The second-order valence-corrected chi connectivity index (χ2v) is 3.56. The Bertz CT molecular complexity index is 623. The lowest BCUT2D eigenvalue weighted by molar-refractivity contribution is -0.139. The van der Waals surface area contributed by atoms with E-state index < -0.39 is 18.5 Å². The maximum atomic E-state index is 11.2. The lowest BCUT2D eigenvalue weighted by atomic mass is 10.1. The first-order valence-corrected chi connectivity index (χ1v) is 5.24. The lowest BCUT2D eigenvalue weighted by Crippen LogP contribution is -2.13. The van der Waals surface area contributed by atoms with E-state index in [9.17, 15) is 9.59 Å². The van der Waals surface area contributed by atoms with Gasteiger partial charge in [-0.15, -0.1) is 0 Å². The Balaban J connectivity index is 2.41. The largest absolute Gasteiger partial charge is 0.481 e. The Morgan fingerprint density at radius 1 is 1.32 bits per heavy atom.